The second-order valence-corrected chi connectivity index (χ2v) is 7.10. The largest absolute Gasteiger partial charge is 0.425 e. The number of allylic oxidation sites excluding steroid dienone is 1. The number of likely N-dealkylation sites (N-methyl/N-ethyl adjacent to an activating group) is 1. The van der Waals surface area contributed by atoms with Gasteiger partial charge in [-0.2, -0.15) is 0 Å². The molecule has 128 valence electrons. The SMILES string of the molecule is CN(c1ccccc1)C1C=C(/C=C/c2ccccc2)OC(=O)C1(Cl)Cl. The molecule has 1 aliphatic rings. The van der Waals surface area contributed by atoms with E-state index in [0.717, 1.165) is 11.3 Å². The van der Waals surface area contributed by atoms with Crippen LogP contribution in [0.25, 0.3) is 6.08 Å². The van der Waals surface area contributed by atoms with Crippen molar-refractivity contribution in [3.8, 4) is 0 Å². The Morgan fingerprint density at radius 1 is 1.00 bits per heavy atom. The van der Waals surface area contributed by atoms with E-state index < -0.39 is 16.3 Å². The third-order valence-corrected chi connectivity index (χ3v) is 4.75. The van der Waals surface area contributed by atoms with Crippen molar-refractivity contribution in [1.29, 1.82) is 0 Å². The normalized spacial score (nSPS) is 19.4. The fourth-order valence-electron chi connectivity index (χ4n) is 2.60. The van der Waals surface area contributed by atoms with Crippen LogP contribution >= 0.6 is 23.2 Å². The summed E-state index contributed by atoms with van der Waals surface area (Å²) in [6.45, 7) is 0. The standard InChI is InChI=1S/C20H17Cl2NO2/c1-23(16-10-6-3-7-11-16)18-14-17(25-19(24)20(18,21)22)13-12-15-8-4-2-5-9-15/h2-14,18H,1H3/b13-12+. The molecule has 1 heterocycles. The molecule has 1 unspecified atom stereocenters. The van der Waals surface area contributed by atoms with Gasteiger partial charge in [0.25, 0.3) is 0 Å². The molecule has 3 rings (SSSR count). The number of nitrogens with zero attached hydrogens (tertiary/aromatic N) is 1. The van der Waals surface area contributed by atoms with Gasteiger partial charge in [0.15, 0.2) is 0 Å². The number of benzene rings is 2. The van der Waals surface area contributed by atoms with Crippen molar-refractivity contribution in [2.75, 3.05) is 11.9 Å². The molecule has 0 N–H and O–H groups in total. The number of alkyl halides is 2. The highest BCUT2D eigenvalue weighted by atomic mass is 35.5. The molecular weight excluding hydrogens is 357 g/mol. The number of halogens is 2. The minimum absolute atomic E-state index is 0.415. The van der Waals surface area contributed by atoms with E-state index >= 15 is 0 Å². The summed E-state index contributed by atoms with van der Waals surface area (Å²) < 4.78 is 3.60. The lowest BCUT2D eigenvalue weighted by Gasteiger charge is -2.37. The highest BCUT2D eigenvalue weighted by Gasteiger charge is 2.48. The van der Waals surface area contributed by atoms with Crippen molar-refractivity contribution >= 4 is 40.9 Å². The van der Waals surface area contributed by atoms with Gasteiger partial charge in [-0.15, -0.1) is 0 Å². The van der Waals surface area contributed by atoms with Crippen LogP contribution < -0.4 is 4.90 Å². The van der Waals surface area contributed by atoms with Crippen molar-refractivity contribution in [3.05, 3.63) is 84.1 Å². The summed E-state index contributed by atoms with van der Waals surface area (Å²) in [6.07, 6.45) is 5.37. The average Bonchev–Trinajstić information content (AvgIpc) is 2.63. The molecule has 25 heavy (non-hydrogen) atoms. The fourth-order valence-corrected chi connectivity index (χ4v) is 3.10. The Balaban J connectivity index is 1.91. The summed E-state index contributed by atoms with van der Waals surface area (Å²) in [7, 11) is 1.84. The van der Waals surface area contributed by atoms with Crippen LogP contribution in [0, 0.1) is 0 Å². The first-order chi connectivity index (χ1) is 12.0. The highest BCUT2D eigenvalue weighted by Crippen LogP contribution is 2.37. The van der Waals surface area contributed by atoms with E-state index in [-0.39, 0.29) is 0 Å². The average molecular weight is 374 g/mol. The van der Waals surface area contributed by atoms with Crippen LogP contribution in [0.1, 0.15) is 5.56 Å². The van der Waals surface area contributed by atoms with Gasteiger partial charge in [0.1, 0.15) is 5.76 Å². The number of para-hydroxylation sites is 1. The molecule has 0 aliphatic carbocycles. The second kappa shape index (κ2) is 7.34. The number of ether oxygens (including phenoxy) is 1. The number of hydrogen-bond acceptors (Lipinski definition) is 3. The zero-order valence-electron chi connectivity index (χ0n) is 13.6. The van der Waals surface area contributed by atoms with Crippen molar-refractivity contribution in [2.24, 2.45) is 0 Å². The molecule has 2 aromatic rings. The molecule has 0 radical (unpaired) electrons. The van der Waals surface area contributed by atoms with Crippen LogP contribution in [0.5, 0.6) is 0 Å². The van der Waals surface area contributed by atoms with Gasteiger partial charge in [-0.25, -0.2) is 4.79 Å². The van der Waals surface area contributed by atoms with E-state index in [4.69, 9.17) is 27.9 Å². The predicted molar refractivity (Wildman–Crippen MR) is 103 cm³/mol. The van der Waals surface area contributed by atoms with Crippen LogP contribution in [0.3, 0.4) is 0 Å². The Labute approximate surface area is 157 Å². The number of hydrogen-bond donors (Lipinski definition) is 0. The number of carbonyl (C=O) groups excluding carboxylic acids is 1. The van der Waals surface area contributed by atoms with Gasteiger partial charge in [0.2, 0.25) is 4.33 Å². The van der Waals surface area contributed by atoms with Crippen LogP contribution in [0.4, 0.5) is 5.69 Å². The maximum atomic E-state index is 12.3. The van der Waals surface area contributed by atoms with E-state index in [2.05, 4.69) is 0 Å². The monoisotopic (exact) mass is 373 g/mol. The molecular formula is C20H17Cl2NO2. The van der Waals surface area contributed by atoms with Crippen LogP contribution in [0.2, 0.25) is 0 Å². The first-order valence-electron chi connectivity index (χ1n) is 7.81. The van der Waals surface area contributed by atoms with E-state index in [0.29, 0.717) is 5.76 Å². The van der Waals surface area contributed by atoms with E-state index in [1.54, 1.807) is 12.2 Å². The first kappa shape index (κ1) is 17.6. The zero-order valence-corrected chi connectivity index (χ0v) is 15.1. The summed E-state index contributed by atoms with van der Waals surface area (Å²) in [5.41, 5.74) is 1.90. The Morgan fingerprint density at radius 2 is 1.60 bits per heavy atom. The number of cyclic esters (lactones) is 1. The molecule has 0 saturated heterocycles. The number of anilines is 1. The third-order valence-electron chi connectivity index (χ3n) is 4.00. The lowest BCUT2D eigenvalue weighted by atomic mass is 10.1. The quantitative estimate of drug-likeness (QED) is 0.568. The molecule has 5 heteroatoms. The Hall–Kier alpha value is -2.23. The number of esters is 1. The molecule has 0 amide bonds. The molecule has 0 saturated carbocycles. The van der Waals surface area contributed by atoms with Crippen LogP contribution in [-0.4, -0.2) is 23.4 Å². The molecule has 0 fully saturated rings. The van der Waals surface area contributed by atoms with Gasteiger partial charge in [-0.05, 0) is 29.8 Å². The molecule has 1 aliphatic heterocycles. The second-order valence-electron chi connectivity index (χ2n) is 5.72. The van der Waals surface area contributed by atoms with Crippen molar-refractivity contribution < 1.29 is 9.53 Å². The summed E-state index contributed by atoms with van der Waals surface area (Å²) in [5, 5.41) is 0. The summed E-state index contributed by atoms with van der Waals surface area (Å²) in [5.74, 6) is -0.266. The van der Waals surface area contributed by atoms with Crippen LogP contribution in [-0.2, 0) is 9.53 Å². The van der Waals surface area contributed by atoms with Gasteiger partial charge in [0.05, 0.1) is 6.04 Å². The van der Waals surface area contributed by atoms with Gasteiger partial charge >= 0.3 is 5.97 Å². The zero-order chi connectivity index (χ0) is 17.9. The molecule has 0 aromatic heterocycles. The summed E-state index contributed by atoms with van der Waals surface area (Å²) >= 11 is 12.6. The fraction of sp³-hybridized carbons (Fsp3) is 0.150. The van der Waals surface area contributed by atoms with E-state index in [1.165, 1.54) is 0 Å². The van der Waals surface area contributed by atoms with E-state index in [1.807, 2.05) is 78.7 Å². The van der Waals surface area contributed by atoms with Gasteiger partial charge in [-0.1, -0.05) is 77.8 Å². The van der Waals surface area contributed by atoms with Gasteiger partial charge in [0, 0.05) is 12.7 Å². The van der Waals surface area contributed by atoms with E-state index in [9.17, 15) is 4.79 Å². The molecule has 2 aromatic carbocycles. The minimum atomic E-state index is -1.69. The van der Waals surface area contributed by atoms with Crippen molar-refractivity contribution in [1.82, 2.24) is 0 Å². The Morgan fingerprint density at radius 3 is 2.24 bits per heavy atom. The smallest absolute Gasteiger partial charge is 0.350 e. The highest BCUT2D eigenvalue weighted by molar-refractivity contribution is 6.58. The topological polar surface area (TPSA) is 29.5 Å². The maximum Gasteiger partial charge on any atom is 0.350 e. The molecule has 1 atom stereocenters. The number of carbonyl (C=O) groups is 1. The molecule has 3 nitrogen and oxygen atoms in total. The van der Waals surface area contributed by atoms with Gasteiger partial charge < -0.3 is 9.64 Å². The summed E-state index contributed by atoms with van der Waals surface area (Å²) in [4.78, 5) is 14.2. The van der Waals surface area contributed by atoms with Crippen molar-refractivity contribution in [3.63, 3.8) is 0 Å². The number of rotatable bonds is 4. The van der Waals surface area contributed by atoms with Crippen molar-refractivity contribution in [2.45, 2.75) is 10.4 Å². The summed E-state index contributed by atoms with van der Waals surface area (Å²) in [6, 6.07) is 18.8. The maximum absolute atomic E-state index is 12.3. The lowest BCUT2D eigenvalue weighted by Crippen LogP contribution is -2.51. The van der Waals surface area contributed by atoms with Gasteiger partial charge in [-0.3, -0.25) is 0 Å². The molecule has 0 bridgehead atoms. The third kappa shape index (κ3) is 3.89. The predicted octanol–water partition coefficient (Wildman–Crippen LogP) is 4.82. The lowest BCUT2D eigenvalue weighted by molar-refractivity contribution is -0.141. The van der Waals surface area contributed by atoms with Crippen LogP contribution in [0.15, 0.2) is 78.6 Å². The minimum Gasteiger partial charge on any atom is -0.425 e. The Kier molecular flexibility index (Phi) is 5.16. The molecule has 0 spiro atoms. The first-order valence-corrected chi connectivity index (χ1v) is 8.57. The Bertz CT molecular complexity index is 801.